The highest BCUT2D eigenvalue weighted by atomic mass is 19.4. The average Bonchev–Trinajstić information content (AvgIpc) is 2.97. The van der Waals surface area contributed by atoms with E-state index in [1.807, 2.05) is 30.3 Å². The Balaban J connectivity index is 1.41. The minimum Gasteiger partial charge on any atom is -0.406 e. The van der Waals surface area contributed by atoms with Crippen LogP contribution in [0.25, 0.3) is 11.4 Å². The lowest BCUT2D eigenvalue weighted by Crippen LogP contribution is -2.26. The summed E-state index contributed by atoms with van der Waals surface area (Å²) in [5, 5.41) is 8.69. The fourth-order valence-corrected chi connectivity index (χ4v) is 3.38. The summed E-state index contributed by atoms with van der Waals surface area (Å²) in [6.07, 6.45) is -3.90. The van der Waals surface area contributed by atoms with Crippen LogP contribution in [0.4, 0.5) is 13.2 Å². The van der Waals surface area contributed by atoms with Crippen molar-refractivity contribution in [2.24, 2.45) is 0 Å². The lowest BCUT2D eigenvalue weighted by molar-refractivity contribution is -0.274. The Hall–Kier alpha value is -2.87. The molecule has 0 amide bonds. The summed E-state index contributed by atoms with van der Waals surface area (Å²) in [6.45, 7) is 3.05. The van der Waals surface area contributed by atoms with Gasteiger partial charge in [0.2, 0.25) is 0 Å². The first kappa shape index (κ1) is 18.5. The first-order valence-electron chi connectivity index (χ1n) is 9.02. The third-order valence-electron chi connectivity index (χ3n) is 4.71. The van der Waals surface area contributed by atoms with E-state index in [4.69, 9.17) is 0 Å². The molecule has 0 aliphatic carbocycles. The van der Waals surface area contributed by atoms with Gasteiger partial charge >= 0.3 is 6.36 Å². The van der Waals surface area contributed by atoms with Crippen LogP contribution >= 0.6 is 0 Å². The van der Waals surface area contributed by atoms with Crippen molar-refractivity contribution in [1.82, 2.24) is 19.7 Å². The Bertz CT molecular complexity index is 923. The van der Waals surface area contributed by atoms with Crippen LogP contribution < -0.4 is 4.74 Å². The van der Waals surface area contributed by atoms with Crippen LogP contribution in [0.15, 0.2) is 54.6 Å². The van der Waals surface area contributed by atoms with Gasteiger partial charge in [-0.05, 0) is 17.7 Å². The maximum atomic E-state index is 12.3. The number of halogens is 3. The molecule has 2 heterocycles. The number of alkyl halides is 3. The molecule has 5 nitrogen and oxygen atoms in total. The van der Waals surface area contributed by atoms with Gasteiger partial charge in [-0.15, -0.1) is 23.4 Å². The topological polar surface area (TPSA) is 43.2 Å². The number of hydrogen-bond acceptors (Lipinski definition) is 4. The Morgan fingerprint density at radius 3 is 2.36 bits per heavy atom. The Morgan fingerprint density at radius 2 is 1.64 bits per heavy atom. The summed E-state index contributed by atoms with van der Waals surface area (Å²) < 4.78 is 42.9. The average molecular weight is 388 g/mol. The van der Waals surface area contributed by atoms with Gasteiger partial charge in [-0.1, -0.05) is 42.5 Å². The lowest BCUT2D eigenvalue weighted by atomic mass is 10.2. The maximum absolute atomic E-state index is 12.3. The van der Waals surface area contributed by atoms with Gasteiger partial charge in [-0.25, -0.2) is 0 Å². The molecule has 0 radical (unpaired) electrons. The molecule has 28 heavy (non-hydrogen) atoms. The second kappa shape index (κ2) is 7.63. The molecule has 3 aromatic rings. The normalized spacial score (nSPS) is 15.1. The molecular weight excluding hydrogens is 369 g/mol. The minimum atomic E-state index is -4.67. The highest BCUT2D eigenvalue weighted by Crippen LogP contribution is 2.24. The molecule has 0 saturated heterocycles. The van der Waals surface area contributed by atoms with E-state index in [9.17, 15) is 13.2 Å². The molecule has 0 bridgehead atoms. The van der Waals surface area contributed by atoms with Crippen LogP contribution in [0.5, 0.6) is 5.75 Å². The molecule has 1 aliphatic rings. The number of aromatic nitrogens is 3. The fraction of sp³-hybridized carbons (Fsp3) is 0.300. The van der Waals surface area contributed by atoms with E-state index in [0.29, 0.717) is 6.54 Å². The number of rotatable bonds is 4. The summed E-state index contributed by atoms with van der Waals surface area (Å²) in [7, 11) is 0. The second-order valence-electron chi connectivity index (χ2n) is 6.68. The van der Waals surface area contributed by atoms with Crippen molar-refractivity contribution in [3.63, 3.8) is 0 Å². The molecule has 1 aromatic heterocycles. The van der Waals surface area contributed by atoms with Crippen molar-refractivity contribution in [2.45, 2.75) is 25.9 Å². The van der Waals surface area contributed by atoms with Gasteiger partial charge in [-0.3, -0.25) is 4.90 Å². The molecule has 0 N–H and O–H groups in total. The van der Waals surface area contributed by atoms with Gasteiger partial charge in [0.25, 0.3) is 0 Å². The van der Waals surface area contributed by atoms with Gasteiger partial charge < -0.3 is 9.30 Å². The predicted octanol–water partition coefficient (Wildman–Crippen LogP) is 3.90. The standard InChI is InChI=1S/C20H19F3N4O/c21-20(22,23)28-17-8-6-15(7-9-17)14-26-11-10-18-24-25-19(27(18)13-12-26)16-4-2-1-3-5-16/h1-9H,10-14H2. The highest BCUT2D eigenvalue weighted by Gasteiger charge is 2.31. The largest absolute Gasteiger partial charge is 0.573 e. The molecule has 0 fully saturated rings. The third-order valence-corrected chi connectivity index (χ3v) is 4.71. The molecule has 0 unspecified atom stereocenters. The van der Waals surface area contributed by atoms with Gasteiger partial charge in [0.15, 0.2) is 5.82 Å². The summed E-state index contributed by atoms with van der Waals surface area (Å²) in [6, 6.07) is 16.0. The first-order chi connectivity index (χ1) is 13.5. The fourth-order valence-electron chi connectivity index (χ4n) is 3.38. The number of nitrogens with zero attached hydrogens (tertiary/aromatic N) is 4. The van der Waals surface area contributed by atoms with Gasteiger partial charge in [-0.2, -0.15) is 0 Å². The zero-order valence-electron chi connectivity index (χ0n) is 15.1. The minimum absolute atomic E-state index is 0.203. The summed E-state index contributed by atoms with van der Waals surface area (Å²) in [5.74, 6) is 1.62. The SMILES string of the molecule is FC(F)(F)Oc1ccc(CN2CCc3nnc(-c4ccccc4)n3CC2)cc1. The van der Waals surface area contributed by atoms with Crippen molar-refractivity contribution >= 4 is 0 Å². The molecule has 2 aromatic carbocycles. The third kappa shape index (κ3) is 4.33. The van der Waals surface area contributed by atoms with E-state index in [1.54, 1.807) is 12.1 Å². The predicted molar refractivity (Wildman–Crippen MR) is 97.6 cm³/mol. The molecule has 0 atom stereocenters. The van der Waals surface area contributed by atoms with Crippen LogP contribution in [0.2, 0.25) is 0 Å². The van der Waals surface area contributed by atoms with Crippen LogP contribution in [-0.2, 0) is 19.5 Å². The smallest absolute Gasteiger partial charge is 0.406 e. The van der Waals surface area contributed by atoms with E-state index in [1.165, 1.54) is 12.1 Å². The molecule has 4 rings (SSSR count). The first-order valence-corrected chi connectivity index (χ1v) is 9.02. The summed E-state index contributed by atoms with van der Waals surface area (Å²) >= 11 is 0. The zero-order chi connectivity index (χ0) is 19.6. The monoisotopic (exact) mass is 388 g/mol. The van der Waals surface area contributed by atoms with Crippen LogP contribution in [0.3, 0.4) is 0 Å². The molecule has 8 heteroatoms. The number of benzene rings is 2. The van der Waals surface area contributed by atoms with E-state index in [2.05, 4.69) is 24.4 Å². The van der Waals surface area contributed by atoms with E-state index in [-0.39, 0.29) is 5.75 Å². The molecule has 0 spiro atoms. The maximum Gasteiger partial charge on any atom is 0.573 e. The van der Waals surface area contributed by atoms with Crippen molar-refractivity contribution < 1.29 is 17.9 Å². The van der Waals surface area contributed by atoms with E-state index >= 15 is 0 Å². The number of fused-ring (bicyclic) bond motifs is 1. The van der Waals surface area contributed by atoms with Gasteiger partial charge in [0.05, 0.1) is 0 Å². The highest BCUT2D eigenvalue weighted by molar-refractivity contribution is 5.55. The van der Waals surface area contributed by atoms with E-state index < -0.39 is 6.36 Å². The molecule has 1 aliphatic heterocycles. The van der Waals surface area contributed by atoms with Crippen molar-refractivity contribution in [2.75, 3.05) is 13.1 Å². The quantitative estimate of drug-likeness (QED) is 0.680. The molecular formula is C20H19F3N4O. The second-order valence-corrected chi connectivity index (χ2v) is 6.68. The summed E-state index contributed by atoms with van der Waals surface area (Å²) in [5.41, 5.74) is 1.98. The number of ether oxygens (including phenoxy) is 1. The number of hydrogen-bond donors (Lipinski definition) is 0. The summed E-state index contributed by atoms with van der Waals surface area (Å²) in [4.78, 5) is 2.27. The van der Waals surface area contributed by atoms with Crippen molar-refractivity contribution in [1.29, 1.82) is 0 Å². The Labute approximate surface area is 160 Å². The van der Waals surface area contributed by atoms with E-state index in [0.717, 1.165) is 48.8 Å². The molecule has 0 saturated carbocycles. The van der Waals surface area contributed by atoms with Gasteiger partial charge in [0.1, 0.15) is 11.6 Å². The van der Waals surface area contributed by atoms with Gasteiger partial charge in [0, 0.05) is 38.2 Å². The van der Waals surface area contributed by atoms with Crippen LogP contribution in [0, 0.1) is 0 Å². The lowest BCUT2D eigenvalue weighted by Gasteiger charge is -2.20. The van der Waals surface area contributed by atoms with Crippen molar-refractivity contribution in [3.05, 3.63) is 66.0 Å². The van der Waals surface area contributed by atoms with Crippen LogP contribution in [0.1, 0.15) is 11.4 Å². The zero-order valence-corrected chi connectivity index (χ0v) is 15.1. The Kier molecular flexibility index (Phi) is 5.04. The van der Waals surface area contributed by atoms with Crippen LogP contribution in [-0.4, -0.2) is 39.1 Å². The Morgan fingerprint density at radius 1 is 0.893 bits per heavy atom. The van der Waals surface area contributed by atoms with Crippen molar-refractivity contribution in [3.8, 4) is 17.1 Å². The molecule has 146 valence electrons.